The van der Waals surface area contributed by atoms with Gasteiger partial charge in [0.25, 0.3) is 0 Å². The molecule has 0 aliphatic heterocycles. The predicted molar refractivity (Wildman–Crippen MR) is 244 cm³/mol. The number of carbonyl (C=O) groups excluding carboxylic acids is 2. The van der Waals surface area contributed by atoms with Crippen molar-refractivity contribution in [3.05, 3.63) is 0 Å². The van der Waals surface area contributed by atoms with E-state index in [2.05, 4.69) is 27.7 Å². The van der Waals surface area contributed by atoms with E-state index in [1.165, 1.54) is 238 Å². The van der Waals surface area contributed by atoms with Crippen LogP contribution in [0, 0.1) is 11.8 Å². The molecule has 0 spiro atoms. The molecule has 0 fully saturated rings. The van der Waals surface area contributed by atoms with Crippen LogP contribution in [0.3, 0.4) is 0 Å². The van der Waals surface area contributed by atoms with Gasteiger partial charge in [-0.2, -0.15) is 0 Å². The van der Waals surface area contributed by atoms with Crippen LogP contribution < -0.4 is 0 Å². The zero-order valence-electron chi connectivity index (χ0n) is 38.5. The van der Waals surface area contributed by atoms with Gasteiger partial charge in [-0.05, 0) is 25.2 Å². The van der Waals surface area contributed by atoms with Gasteiger partial charge in [0.2, 0.25) is 0 Å². The lowest BCUT2D eigenvalue weighted by Gasteiger charge is -2.15. The van der Waals surface area contributed by atoms with Crippen molar-refractivity contribution in [3.63, 3.8) is 0 Å². The van der Waals surface area contributed by atoms with Crippen LogP contribution in [-0.4, -0.2) is 11.9 Å². The number of esters is 2. The van der Waals surface area contributed by atoms with E-state index in [1.54, 1.807) is 0 Å². The third-order valence-electron chi connectivity index (χ3n) is 12.3. The van der Waals surface area contributed by atoms with Crippen molar-refractivity contribution in [1.82, 2.24) is 0 Å². The summed E-state index contributed by atoms with van der Waals surface area (Å²) in [6.45, 7) is 9.24. The Morgan fingerprint density at radius 2 is 0.564 bits per heavy atom. The molecule has 0 rings (SSSR count). The smallest absolute Gasteiger partial charge is 0.316 e. The van der Waals surface area contributed by atoms with Crippen LogP contribution in [0.2, 0.25) is 0 Å². The summed E-state index contributed by atoms with van der Waals surface area (Å²) in [5.74, 6) is 0.235. The Morgan fingerprint density at radius 1 is 0.327 bits per heavy atom. The molecule has 0 aromatic rings. The maximum absolute atomic E-state index is 13.2. The van der Waals surface area contributed by atoms with E-state index >= 15 is 0 Å². The Balaban J connectivity index is 4.19. The Kier molecular flexibility index (Phi) is 45.1. The Morgan fingerprint density at radius 3 is 0.836 bits per heavy atom. The lowest BCUT2D eigenvalue weighted by atomic mass is 9.94. The second-order valence-electron chi connectivity index (χ2n) is 18.4. The number of ether oxygens (including phenoxy) is 1. The van der Waals surface area contributed by atoms with Crippen molar-refractivity contribution in [1.29, 1.82) is 0 Å². The normalized spacial score (nSPS) is 12.2. The minimum absolute atomic E-state index is 0.0990. The summed E-state index contributed by atoms with van der Waals surface area (Å²) in [7, 11) is 0. The zero-order valence-corrected chi connectivity index (χ0v) is 38.5. The molecule has 0 amide bonds. The van der Waals surface area contributed by atoms with Crippen LogP contribution in [0.5, 0.6) is 0 Å². The molecule has 0 aliphatic rings. The summed E-state index contributed by atoms with van der Waals surface area (Å²) in [5, 5.41) is 0. The van der Waals surface area contributed by atoms with Gasteiger partial charge >= 0.3 is 11.9 Å². The van der Waals surface area contributed by atoms with E-state index in [0.717, 1.165) is 44.4 Å². The second kappa shape index (κ2) is 45.8. The van der Waals surface area contributed by atoms with Gasteiger partial charge in [0.05, 0.1) is 5.92 Å². The molecule has 3 heteroatoms. The van der Waals surface area contributed by atoms with Gasteiger partial charge in [-0.1, -0.05) is 285 Å². The first-order valence-electron chi connectivity index (χ1n) is 25.8. The Labute approximate surface area is 347 Å². The molecule has 0 aliphatic carbocycles. The van der Waals surface area contributed by atoms with E-state index in [1.807, 2.05) is 0 Å². The highest BCUT2D eigenvalue weighted by atomic mass is 16.6. The fourth-order valence-electron chi connectivity index (χ4n) is 8.39. The van der Waals surface area contributed by atoms with E-state index in [0.29, 0.717) is 6.42 Å². The highest BCUT2D eigenvalue weighted by molar-refractivity contribution is 5.86. The summed E-state index contributed by atoms with van der Waals surface area (Å²) in [6.07, 6.45) is 56.7. The molecule has 1 unspecified atom stereocenters. The van der Waals surface area contributed by atoms with Crippen molar-refractivity contribution in [2.45, 2.75) is 310 Å². The number of hydrogen-bond acceptors (Lipinski definition) is 3. The van der Waals surface area contributed by atoms with Crippen molar-refractivity contribution in [3.8, 4) is 0 Å². The standard InChI is InChI=1S/C52H102O3/c1-5-7-9-11-13-15-17-19-21-23-28-32-36-40-44-48-51(53)55-52(54)50(46-42-38-34-30-26-22-20-18-16-14-12-10-8-6-2)47-43-39-35-31-27-24-25-29-33-37-41-45-49(3)4/h49-50H,5-48H2,1-4H3. The summed E-state index contributed by atoms with van der Waals surface area (Å²) in [4.78, 5) is 25.9. The molecular weight excluding hydrogens is 673 g/mol. The third-order valence-corrected chi connectivity index (χ3v) is 12.3. The molecule has 0 aromatic heterocycles. The molecule has 0 saturated heterocycles. The molecule has 0 aromatic carbocycles. The van der Waals surface area contributed by atoms with Crippen LogP contribution >= 0.6 is 0 Å². The molecule has 55 heavy (non-hydrogen) atoms. The molecular formula is C52H102O3. The highest BCUT2D eigenvalue weighted by Crippen LogP contribution is 2.22. The fourth-order valence-corrected chi connectivity index (χ4v) is 8.39. The topological polar surface area (TPSA) is 43.4 Å². The molecule has 0 bridgehead atoms. The average Bonchev–Trinajstić information content (AvgIpc) is 3.17. The zero-order chi connectivity index (χ0) is 40.1. The first kappa shape index (κ1) is 54.1. The molecule has 0 radical (unpaired) electrons. The maximum Gasteiger partial charge on any atom is 0.316 e. The van der Waals surface area contributed by atoms with Gasteiger partial charge in [-0.3, -0.25) is 9.59 Å². The average molecular weight is 775 g/mol. The third kappa shape index (κ3) is 44.1. The summed E-state index contributed by atoms with van der Waals surface area (Å²) < 4.78 is 5.49. The van der Waals surface area contributed by atoms with Crippen molar-refractivity contribution in [2.24, 2.45) is 11.8 Å². The van der Waals surface area contributed by atoms with Gasteiger partial charge in [0, 0.05) is 6.42 Å². The summed E-state index contributed by atoms with van der Waals surface area (Å²) in [6, 6.07) is 0. The maximum atomic E-state index is 13.2. The minimum atomic E-state index is -0.287. The van der Waals surface area contributed by atoms with Gasteiger partial charge in [0.1, 0.15) is 0 Å². The van der Waals surface area contributed by atoms with E-state index in [9.17, 15) is 9.59 Å². The fraction of sp³-hybridized carbons (Fsp3) is 0.962. The van der Waals surface area contributed by atoms with Crippen LogP contribution in [0.15, 0.2) is 0 Å². The second-order valence-corrected chi connectivity index (χ2v) is 18.4. The molecule has 0 saturated carbocycles. The number of unbranched alkanes of at least 4 members (excludes halogenated alkanes) is 37. The molecule has 0 N–H and O–H groups in total. The van der Waals surface area contributed by atoms with Crippen LogP contribution in [0.1, 0.15) is 310 Å². The predicted octanol–water partition coefficient (Wildman–Crippen LogP) is 18.5. The summed E-state index contributed by atoms with van der Waals surface area (Å²) in [5.41, 5.74) is 0. The minimum Gasteiger partial charge on any atom is -0.393 e. The molecule has 1 atom stereocenters. The monoisotopic (exact) mass is 775 g/mol. The molecule has 3 nitrogen and oxygen atoms in total. The Bertz CT molecular complexity index is 760. The van der Waals surface area contributed by atoms with Crippen LogP contribution in [-0.2, 0) is 14.3 Å². The Hall–Kier alpha value is -0.860. The van der Waals surface area contributed by atoms with Gasteiger partial charge < -0.3 is 4.74 Å². The van der Waals surface area contributed by atoms with Crippen molar-refractivity contribution < 1.29 is 14.3 Å². The van der Waals surface area contributed by atoms with Gasteiger partial charge in [0.15, 0.2) is 0 Å². The van der Waals surface area contributed by atoms with E-state index < -0.39 is 0 Å². The van der Waals surface area contributed by atoms with Crippen molar-refractivity contribution in [2.75, 3.05) is 0 Å². The van der Waals surface area contributed by atoms with Crippen LogP contribution in [0.4, 0.5) is 0 Å². The van der Waals surface area contributed by atoms with Gasteiger partial charge in [-0.25, -0.2) is 0 Å². The lowest BCUT2D eigenvalue weighted by molar-refractivity contribution is -0.163. The first-order chi connectivity index (χ1) is 27.0. The number of rotatable bonds is 46. The largest absolute Gasteiger partial charge is 0.393 e. The molecule has 0 heterocycles. The van der Waals surface area contributed by atoms with E-state index in [4.69, 9.17) is 4.74 Å². The van der Waals surface area contributed by atoms with Gasteiger partial charge in [-0.15, -0.1) is 0 Å². The quantitative estimate of drug-likeness (QED) is 0.0351. The number of hydrogen-bond donors (Lipinski definition) is 0. The van der Waals surface area contributed by atoms with Crippen LogP contribution in [0.25, 0.3) is 0 Å². The SMILES string of the molecule is CCCCCCCCCCCCCCCCCC(=O)OC(=O)C(CCCCCCCCCCCCCCCC)CCCCCCCCCCCCCC(C)C. The summed E-state index contributed by atoms with van der Waals surface area (Å²) >= 11 is 0. The van der Waals surface area contributed by atoms with E-state index in [-0.39, 0.29) is 17.9 Å². The first-order valence-corrected chi connectivity index (χ1v) is 25.8. The van der Waals surface area contributed by atoms with Crippen molar-refractivity contribution >= 4 is 11.9 Å². The highest BCUT2D eigenvalue weighted by Gasteiger charge is 2.22. The lowest BCUT2D eigenvalue weighted by Crippen LogP contribution is -2.21. The molecule has 328 valence electrons. The number of carbonyl (C=O) groups is 2.